The van der Waals surface area contributed by atoms with Gasteiger partial charge in [-0.25, -0.2) is 4.99 Å². The Bertz CT molecular complexity index is 539. The Morgan fingerprint density at radius 3 is 2.48 bits per heavy atom. The summed E-state index contributed by atoms with van der Waals surface area (Å²) in [5, 5.41) is 6.75. The summed E-state index contributed by atoms with van der Waals surface area (Å²) in [6.07, 6.45) is 0. The molecule has 0 aliphatic heterocycles. The maximum Gasteiger partial charge on any atom is 0.191 e. The summed E-state index contributed by atoms with van der Waals surface area (Å²) in [6, 6.07) is 9.12. The maximum atomic E-state index is 5.67. The first kappa shape index (κ1) is 23.2. The van der Waals surface area contributed by atoms with Gasteiger partial charge < -0.3 is 20.1 Å². The second-order valence-electron chi connectivity index (χ2n) is 7.04. The van der Waals surface area contributed by atoms with Crippen LogP contribution in [0.15, 0.2) is 29.3 Å². The number of nitrogens with one attached hydrogen (secondary N) is 2. The Balaban J connectivity index is 2.59. The number of benzene rings is 1. The Morgan fingerprint density at radius 2 is 1.85 bits per heavy atom. The van der Waals surface area contributed by atoms with E-state index in [1.807, 2.05) is 18.2 Å². The van der Waals surface area contributed by atoms with E-state index in [2.05, 4.69) is 56.2 Å². The van der Waals surface area contributed by atoms with Gasteiger partial charge in [-0.05, 0) is 52.3 Å². The van der Waals surface area contributed by atoms with Gasteiger partial charge in [0.15, 0.2) is 5.96 Å². The quantitative estimate of drug-likeness (QED) is 0.333. The van der Waals surface area contributed by atoms with Crippen molar-refractivity contribution in [2.24, 2.45) is 4.99 Å². The summed E-state index contributed by atoms with van der Waals surface area (Å²) >= 11 is 0. The van der Waals surface area contributed by atoms with Crippen LogP contribution in [0, 0.1) is 0 Å². The molecule has 1 aromatic carbocycles. The topological polar surface area (TPSA) is 58.1 Å². The van der Waals surface area contributed by atoms with Crippen molar-refractivity contribution in [1.29, 1.82) is 0 Å². The predicted octanol–water partition coefficient (Wildman–Crippen LogP) is 2.89. The van der Waals surface area contributed by atoms with E-state index in [1.54, 1.807) is 7.11 Å². The summed E-state index contributed by atoms with van der Waals surface area (Å²) < 4.78 is 10.7. The fourth-order valence-corrected chi connectivity index (χ4v) is 2.90. The lowest BCUT2D eigenvalue weighted by Gasteiger charge is -2.30. The number of hydrogen-bond donors (Lipinski definition) is 2. The summed E-state index contributed by atoms with van der Waals surface area (Å²) in [7, 11) is 1.67. The van der Waals surface area contributed by atoms with E-state index in [0.29, 0.717) is 31.8 Å². The molecule has 6 heteroatoms. The van der Waals surface area contributed by atoms with Crippen LogP contribution < -0.4 is 15.4 Å². The standard InChI is InChI=1S/C21H38N4O2/c1-7-22-21(23-11-12-25(17(2)3)18(4)5)24-16-19-9-8-10-20(15-19)27-14-13-26-6/h8-10,15,17-18H,7,11-14,16H2,1-6H3,(H2,22,23,24). The van der Waals surface area contributed by atoms with Crippen LogP contribution in [0.2, 0.25) is 0 Å². The van der Waals surface area contributed by atoms with Gasteiger partial charge in [-0.2, -0.15) is 0 Å². The molecule has 0 saturated heterocycles. The Morgan fingerprint density at radius 1 is 1.11 bits per heavy atom. The molecule has 6 nitrogen and oxygen atoms in total. The van der Waals surface area contributed by atoms with Crippen molar-refractivity contribution in [3.8, 4) is 5.75 Å². The van der Waals surface area contributed by atoms with Crippen molar-refractivity contribution in [2.45, 2.75) is 53.2 Å². The van der Waals surface area contributed by atoms with Gasteiger partial charge in [0, 0.05) is 38.8 Å². The lowest BCUT2D eigenvalue weighted by atomic mass is 10.2. The molecule has 0 bridgehead atoms. The van der Waals surface area contributed by atoms with Gasteiger partial charge in [-0.3, -0.25) is 4.90 Å². The predicted molar refractivity (Wildman–Crippen MR) is 114 cm³/mol. The number of nitrogens with zero attached hydrogens (tertiary/aromatic N) is 2. The van der Waals surface area contributed by atoms with Gasteiger partial charge in [-0.15, -0.1) is 0 Å². The third-order valence-electron chi connectivity index (χ3n) is 4.21. The van der Waals surface area contributed by atoms with Gasteiger partial charge in [0.2, 0.25) is 0 Å². The van der Waals surface area contributed by atoms with E-state index in [-0.39, 0.29) is 0 Å². The molecule has 0 atom stereocenters. The molecular formula is C21H38N4O2. The zero-order valence-electron chi connectivity index (χ0n) is 17.9. The van der Waals surface area contributed by atoms with Gasteiger partial charge in [0.1, 0.15) is 12.4 Å². The van der Waals surface area contributed by atoms with Crippen LogP contribution in [0.25, 0.3) is 0 Å². The SMILES string of the molecule is CCNC(=NCc1cccc(OCCOC)c1)NCCN(C(C)C)C(C)C. The Kier molecular flexibility index (Phi) is 11.5. The van der Waals surface area contributed by atoms with Crippen LogP contribution in [0.3, 0.4) is 0 Å². The number of hydrogen-bond acceptors (Lipinski definition) is 4. The van der Waals surface area contributed by atoms with Crippen molar-refractivity contribution in [2.75, 3.05) is 40.0 Å². The van der Waals surface area contributed by atoms with Crippen LogP contribution in [0.4, 0.5) is 0 Å². The van der Waals surface area contributed by atoms with Crippen molar-refractivity contribution in [1.82, 2.24) is 15.5 Å². The third kappa shape index (κ3) is 9.63. The first-order valence-corrected chi connectivity index (χ1v) is 9.96. The molecule has 0 heterocycles. The first-order valence-electron chi connectivity index (χ1n) is 9.96. The second-order valence-corrected chi connectivity index (χ2v) is 7.04. The minimum absolute atomic E-state index is 0.534. The summed E-state index contributed by atoms with van der Waals surface area (Å²) in [5.41, 5.74) is 1.12. The van der Waals surface area contributed by atoms with Crippen molar-refractivity contribution in [3.05, 3.63) is 29.8 Å². The van der Waals surface area contributed by atoms with E-state index >= 15 is 0 Å². The summed E-state index contributed by atoms with van der Waals surface area (Å²) in [4.78, 5) is 7.17. The van der Waals surface area contributed by atoms with Crippen LogP contribution in [-0.2, 0) is 11.3 Å². The van der Waals surface area contributed by atoms with E-state index in [9.17, 15) is 0 Å². The normalized spacial score (nSPS) is 12.1. The second kappa shape index (κ2) is 13.4. The Hall–Kier alpha value is -1.79. The molecular weight excluding hydrogens is 340 g/mol. The first-order chi connectivity index (χ1) is 13.0. The van der Waals surface area contributed by atoms with E-state index < -0.39 is 0 Å². The monoisotopic (exact) mass is 378 g/mol. The highest BCUT2D eigenvalue weighted by Gasteiger charge is 2.12. The zero-order valence-corrected chi connectivity index (χ0v) is 17.9. The largest absolute Gasteiger partial charge is 0.491 e. The van der Waals surface area contributed by atoms with Crippen molar-refractivity contribution in [3.63, 3.8) is 0 Å². The molecule has 27 heavy (non-hydrogen) atoms. The highest BCUT2D eigenvalue weighted by atomic mass is 16.5. The maximum absolute atomic E-state index is 5.67. The van der Waals surface area contributed by atoms with E-state index in [0.717, 1.165) is 36.9 Å². The number of ether oxygens (including phenoxy) is 2. The lowest BCUT2D eigenvalue weighted by molar-refractivity contribution is 0.146. The molecule has 0 spiro atoms. The molecule has 0 unspecified atom stereocenters. The van der Waals surface area contributed by atoms with Gasteiger partial charge in [0.05, 0.1) is 13.2 Å². The lowest BCUT2D eigenvalue weighted by Crippen LogP contribution is -2.45. The van der Waals surface area contributed by atoms with Gasteiger partial charge in [-0.1, -0.05) is 12.1 Å². The molecule has 0 radical (unpaired) electrons. The molecule has 0 saturated carbocycles. The van der Waals surface area contributed by atoms with Crippen LogP contribution >= 0.6 is 0 Å². The highest BCUT2D eigenvalue weighted by Crippen LogP contribution is 2.14. The van der Waals surface area contributed by atoms with Crippen LogP contribution in [0.5, 0.6) is 5.75 Å². The minimum atomic E-state index is 0.534. The molecule has 1 rings (SSSR count). The summed E-state index contributed by atoms with van der Waals surface area (Å²) in [5.74, 6) is 1.69. The van der Waals surface area contributed by atoms with Gasteiger partial charge >= 0.3 is 0 Å². The molecule has 0 aliphatic rings. The zero-order chi connectivity index (χ0) is 20.1. The third-order valence-corrected chi connectivity index (χ3v) is 4.21. The Labute approximate surface area is 165 Å². The highest BCUT2D eigenvalue weighted by molar-refractivity contribution is 5.79. The van der Waals surface area contributed by atoms with Crippen LogP contribution in [-0.4, -0.2) is 62.9 Å². The molecule has 154 valence electrons. The number of rotatable bonds is 12. The molecule has 1 aromatic rings. The number of aliphatic imine (C=N–C) groups is 1. The van der Waals surface area contributed by atoms with Crippen molar-refractivity contribution < 1.29 is 9.47 Å². The summed E-state index contributed by atoms with van der Waals surface area (Å²) in [6.45, 7) is 15.5. The smallest absolute Gasteiger partial charge is 0.191 e. The molecule has 0 fully saturated rings. The van der Waals surface area contributed by atoms with Gasteiger partial charge in [0.25, 0.3) is 0 Å². The molecule has 0 amide bonds. The fraction of sp³-hybridized carbons (Fsp3) is 0.667. The molecule has 0 aliphatic carbocycles. The molecule has 2 N–H and O–H groups in total. The van der Waals surface area contributed by atoms with Crippen molar-refractivity contribution >= 4 is 5.96 Å². The molecule has 0 aromatic heterocycles. The minimum Gasteiger partial charge on any atom is -0.491 e. The number of methoxy groups -OCH3 is 1. The number of guanidine groups is 1. The van der Waals surface area contributed by atoms with Crippen LogP contribution in [0.1, 0.15) is 40.2 Å². The average Bonchev–Trinajstić information content (AvgIpc) is 2.63. The van der Waals surface area contributed by atoms with E-state index in [4.69, 9.17) is 14.5 Å². The van der Waals surface area contributed by atoms with E-state index in [1.165, 1.54) is 0 Å². The fourth-order valence-electron chi connectivity index (χ4n) is 2.90. The average molecular weight is 379 g/mol.